The summed E-state index contributed by atoms with van der Waals surface area (Å²) in [6.45, 7) is 8.33. The lowest BCUT2D eigenvalue weighted by molar-refractivity contribution is -0.138. The minimum Gasteiger partial charge on any atom is -0.342 e. The maximum atomic E-state index is 12.7. The third kappa shape index (κ3) is 4.60. The van der Waals surface area contributed by atoms with Crippen LogP contribution in [0.3, 0.4) is 0 Å². The summed E-state index contributed by atoms with van der Waals surface area (Å²) in [5.74, 6) is 1.26. The molecule has 0 aromatic heterocycles. The maximum Gasteiger partial charge on any atom is 0.223 e. The highest BCUT2D eigenvalue weighted by Gasteiger charge is 2.42. The molecule has 3 heterocycles. The molecule has 0 aromatic rings. The topological polar surface area (TPSA) is 36.0 Å². The molecular formula is C21H37N3O2. The Hall–Kier alpha value is -0.650. The number of carbonyl (C=O) groups excluding carboxylic acids is 1. The second-order valence-corrected chi connectivity index (χ2v) is 9.27. The van der Waals surface area contributed by atoms with Crippen LogP contribution in [0.4, 0.5) is 0 Å². The molecule has 1 spiro atoms. The molecule has 1 aliphatic carbocycles. The summed E-state index contributed by atoms with van der Waals surface area (Å²) < 4.78 is 0. The normalized spacial score (nSPS) is 31.9. The maximum absolute atomic E-state index is 12.7. The van der Waals surface area contributed by atoms with E-state index in [0.29, 0.717) is 17.7 Å². The van der Waals surface area contributed by atoms with Crippen LogP contribution in [-0.4, -0.2) is 73.2 Å². The first-order valence-corrected chi connectivity index (χ1v) is 11.1. The van der Waals surface area contributed by atoms with E-state index in [-0.39, 0.29) is 0 Å². The summed E-state index contributed by atoms with van der Waals surface area (Å²) in [6, 6.07) is 0. The fourth-order valence-corrected chi connectivity index (χ4v) is 5.74. The first kappa shape index (κ1) is 18.7. The Morgan fingerprint density at radius 3 is 2.65 bits per heavy atom. The van der Waals surface area contributed by atoms with Crippen LogP contribution in [0.2, 0.25) is 0 Å². The summed E-state index contributed by atoms with van der Waals surface area (Å²) in [5.41, 5.74) is 0.382. The van der Waals surface area contributed by atoms with Gasteiger partial charge in [0.2, 0.25) is 5.91 Å². The van der Waals surface area contributed by atoms with Gasteiger partial charge in [-0.25, -0.2) is 0 Å². The number of likely N-dealkylation sites (tertiary alicyclic amines) is 2. The van der Waals surface area contributed by atoms with Crippen LogP contribution in [0.5, 0.6) is 0 Å². The Balaban J connectivity index is 1.25. The van der Waals surface area contributed by atoms with Crippen LogP contribution in [-0.2, 0) is 9.63 Å². The number of nitrogens with zero attached hydrogens (tertiary/aromatic N) is 3. The van der Waals surface area contributed by atoms with Crippen LogP contribution < -0.4 is 0 Å². The van der Waals surface area contributed by atoms with E-state index in [0.717, 1.165) is 45.1 Å². The minimum atomic E-state index is 0.335. The van der Waals surface area contributed by atoms with Crippen molar-refractivity contribution in [1.82, 2.24) is 14.9 Å². The SMILES string of the molecule is O=C(CCN1CCCO1)N1CC[C@@]2(CCCN(CC3CCCCC3)C2)C1. The van der Waals surface area contributed by atoms with Gasteiger partial charge in [0.1, 0.15) is 0 Å². The van der Waals surface area contributed by atoms with Gasteiger partial charge in [-0.05, 0) is 51.0 Å². The molecule has 1 amide bonds. The number of hydrogen-bond donors (Lipinski definition) is 0. The quantitative estimate of drug-likeness (QED) is 0.752. The van der Waals surface area contributed by atoms with Gasteiger partial charge in [-0.2, -0.15) is 5.06 Å². The molecule has 4 rings (SSSR count). The smallest absolute Gasteiger partial charge is 0.223 e. The van der Waals surface area contributed by atoms with Gasteiger partial charge in [0.15, 0.2) is 0 Å². The molecule has 0 N–H and O–H groups in total. The molecule has 1 atom stereocenters. The van der Waals surface area contributed by atoms with E-state index in [2.05, 4.69) is 9.80 Å². The van der Waals surface area contributed by atoms with Gasteiger partial charge < -0.3 is 9.80 Å². The molecule has 4 aliphatic rings. The summed E-state index contributed by atoms with van der Waals surface area (Å²) in [6.07, 6.45) is 12.7. The lowest BCUT2D eigenvalue weighted by Crippen LogP contribution is -2.47. The largest absolute Gasteiger partial charge is 0.342 e. The van der Waals surface area contributed by atoms with E-state index < -0.39 is 0 Å². The molecule has 5 heteroatoms. The lowest BCUT2D eigenvalue weighted by Gasteiger charge is -2.42. The van der Waals surface area contributed by atoms with E-state index in [1.165, 1.54) is 71.0 Å². The molecular weight excluding hydrogens is 326 g/mol. The van der Waals surface area contributed by atoms with Gasteiger partial charge in [-0.15, -0.1) is 0 Å². The van der Waals surface area contributed by atoms with Crippen molar-refractivity contribution >= 4 is 5.91 Å². The van der Waals surface area contributed by atoms with Crippen LogP contribution in [0, 0.1) is 11.3 Å². The van der Waals surface area contributed by atoms with Gasteiger partial charge in [0.05, 0.1) is 6.61 Å². The van der Waals surface area contributed by atoms with E-state index in [9.17, 15) is 4.79 Å². The van der Waals surface area contributed by atoms with Crippen molar-refractivity contribution in [2.24, 2.45) is 11.3 Å². The van der Waals surface area contributed by atoms with Crippen LogP contribution in [0.15, 0.2) is 0 Å². The van der Waals surface area contributed by atoms with Crippen molar-refractivity contribution in [3.63, 3.8) is 0 Å². The molecule has 26 heavy (non-hydrogen) atoms. The summed E-state index contributed by atoms with van der Waals surface area (Å²) in [4.78, 5) is 23.1. The van der Waals surface area contributed by atoms with Crippen LogP contribution >= 0.6 is 0 Å². The van der Waals surface area contributed by atoms with Gasteiger partial charge in [-0.1, -0.05) is 19.3 Å². The highest BCUT2D eigenvalue weighted by atomic mass is 16.7. The highest BCUT2D eigenvalue weighted by molar-refractivity contribution is 5.76. The predicted octanol–water partition coefficient (Wildman–Crippen LogP) is 2.91. The Morgan fingerprint density at radius 2 is 1.85 bits per heavy atom. The van der Waals surface area contributed by atoms with E-state index in [1.807, 2.05) is 5.06 Å². The van der Waals surface area contributed by atoms with E-state index in [1.54, 1.807) is 0 Å². The fourth-order valence-electron chi connectivity index (χ4n) is 5.74. The van der Waals surface area contributed by atoms with Crippen molar-refractivity contribution in [2.75, 3.05) is 52.4 Å². The van der Waals surface area contributed by atoms with Crippen LogP contribution in [0.25, 0.3) is 0 Å². The lowest BCUT2D eigenvalue weighted by atomic mass is 9.78. The average Bonchev–Trinajstić information content (AvgIpc) is 3.31. The highest BCUT2D eigenvalue weighted by Crippen LogP contribution is 2.40. The number of rotatable bonds is 5. The molecule has 0 unspecified atom stereocenters. The average molecular weight is 364 g/mol. The summed E-state index contributed by atoms with van der Waals surface area (Å²) >= 11 is 0. The second kappa shape index (κ2) is 8.57. The third-order valence-corrected chi connectivity index (χ3v) is 7.17. The second-order valence-electron chi connectivity index (χ2n) is 9.27. The zero-order valence-corrected chi connectivity index (χ0v) is 16.5. The Morgan fingerprint density at radius 1 is 0.962 bits per heavy atom. The molecule has 148 valence electrons. The van der Waals surface area contributed by atoms with Gasteiger partial charge in [0, 0.05) is 51.1 Å². The van der Waals surface area contributed by atoms with Crippen molar-refractivity contribution < 1.29 is 9.63 Å². The third-order valence-electron chi connectivity index (χ3n) is 7.17. The Labute approximate surface area is 159 Å². The predicted molar refractivity (Wildman–Crippen MR) is 103 cm³/mol. The zero-order valence-electron chi connectivity index (χ0n) is 16.5. The van der Waals surface area contributed by atoms with Crippen LogP contribution in [0.1, 0.15) is 64.2 Å². The molecule has 4 fully saturated rings. The number of amides is 1. The Bertz CT molecular complexity index is 474. The summed E-state index contributed by atoms with van der Waals surface area (Å²) in [7, 11) is 0. The van der Waals surface area contributed by atoms with Gasteiger partial charge >= 0.3 is 0 Å². The Kier molecular flexibility index (Phi) is 6.17. The van der Waals surface area contributed by atoms with E-state index in [4.69, 9.17) is 4.84 Å². The monoisotopic (exact) mass is 363 g/mol. The first-order valence-electron chi connectivity index (χ1n) is 11.1. The molecule has 0 bridgehead atoms. The molecule has 1 saturated carbocycles. The molecule has 3 aliphatic heterocycles. The zero-order chi connectivity index (χ0) is 17.8. The van der Waals surface area contributed by atoms with Crippen molar-refractivity contribution in [3.05, 3.63) is 0 Å². The fraction of sp³-hybridized carbons (Fsp3) is 0.952. The van der Waals surface area contributed by atoms with Gasteiger partial charge in [0.25, 0.3) is 0 Å². The standard InChI is InChI=1S/C21H37N3O2/c25-20(8-13-24-12-5-15-26-24)23-14-10-21(18-23)9-4-11-22(17-21)16-19-6-2-1-3-7-19/h19H,1-18H2/t21-/m1/s1. The summed E-state index contributed by atoms with van der Waals surface area (Å²) in [5, 5.41) is 1.97. The van der Waals surface area contributed by atoms with Crippen molar-refractivity contribution in [3.8, 4) is 0 Å². The number of carbonyl (C=O) groups is 1. The number of hydrogen-bond acceptors (Lipinski definition) is 4. The molecule has 0 radical (unpaired) electrons. The molecule has 5 nitrogen and oxygen atoms in total. The molecule has 0 aromatic carbocycles. The van der Waals surface area contributed by atoms with E-state index >= 15 is 0 Å². The van der Waals surface area contributed by atoms with Gasteiger partial charge in [-0.3, -0.25) is 9.63 Å². The molecule has 3 saturated heterocycles. The minimum absolute atomic E-state index is 0.335. The first-order chi connectivity index (χ1) is 12.7. The number of piperidine rings is 1. The van der Waals surface area contributed by atoms with Crippen molar-refractivity contribution in [2.45, 2.75) is 64.2 Å². The van der Waals surface area contributed by atoms with Crippen molar-refractivity contribution in [1.29, 1.82) is 0 Å². The number of hydroxylamine groups is 2.